The third-order valence-electron chi connectivity index (χ3n) is 3.03. The molecule has 1 saturated carbocycles. The van der Waals surface area contributed by atoms with Crippen molar-refractivity contribution in [1.82, 2.24) is 4.90 Å². The molecule has 1 aliphatic rings. The van der Waals surface area contributed by atoms with Crippen LogP contribution in [0.25, 0.3) is 0 Å². The van der Waals surface area contributed by atoms with Crippen molar-refractivity contribution in [3.63, 3.8) is 0 Å². The number of rotatable bonds is 9. The fraction of sp³-hybridized carbons (Fsp3) is 1.00. The molecule has 1 fully saturated rings. The Kier molecular flexibility index (Phi) is 5.73. The summed E-state index contributed by atoms with van der Waals surface area (Å²) >= 11 is 0. The predicted molar refractivity (Wildman–Crippen MR) is 68.5 cm³/mol. The molecule has 0 radical (unpaired) electrons. The lowest BCUT2D eigenvalue weighted by Gasteiger charge is -2.21. The second-order valence-corrected chi connectivity index (χ2v) is 5.91. The Bertz CT molecular complexity index is 185. The average Bonchev–Trinajstić information content (AvgIpc) is 2.94. The van der Waals surface area contributed by atoms with Crippen LogP contribution >= 0.6 is 0 Å². The van der Waals surface area contributed by atoms with Crippen molar-refractivity contribution in [2.45, 2.75) is 45.1 Å². The number of hydrogen-bond donors (Lipinski definition) is 1. The number of likely N-dealkylation sites (N-methyl/N-ethyl adjacent to an activating group) is 1. The van der Waals surface area contributed by atoms with E-state index < -0.39 is 0 Å². The highest BCUT2D eigenvalue weighted by Gasteiger charge is 2.20. The fourth-order valence-corrected chi connectivity index (χ4v) is 1.67. The van der Waals surface area contributed by atoms with Gasteiger partial charge in [0.25, 0.3) is 0 Å². The summed E-state index contributed by atoms with van der Waals surface area (Å²) in [5.74, 6) is 0.878. The average molecular weight is 228 g/mol. The quantitative estimate of drug-likeness (QED) is 0.612. The Morgan fingerprint density at radius 3 is 2.56 bits per heavy atom. The molecule has 0 aromatic rings. The molecule has 0 aromatic heterocycles. The van der Waals surface area contributed by atoms with Crippen molar-refractivity contribution in [1.29, 1.82) is 0 Å². The maximum absolute atomic E-state index is 5.94. The van der Waals surface area contributed by atoms with E-state index in [2.05, 4.69) is 25.8 Å². The first-order valence-corrected chi connectivity index (χ1v) is 6.52. The summed E-state index contributed by atoms with van der Waals surface area (Å²) in [5, 5.41) is 0. The molecule has 16 heavy (non-hydrogen) atoms. The van der Waals surface area contributed by atoms with Crippen LogP contribution in [0.3, 0.4) is 0 Å². The molecule has 2 N–H and O–H groups in total. The second-order valence-electron chi connectivity index (χ2n) is 5.91. The molecular weight excluding hydrogens is 200 g/mol. The van der Waals surface area contributed by atoms with Crippen molar-refractivity contribution in [2.24, 2.45) is 11.7 Å². The van der Waals surface area contributed by atoms with E-state index >= 15 is 0 Å². The minimum atomic E-state index is -0.0245. The molecule has 3 heteroatoms. The van der Waals surface area contributed by atoms with Gasteiger partial charge in [0.1, 0.15) is 0 Å². The Hall–Kier alpha value is -0.120. The van der Waals surface area contributed by atoms with E-state index in [9.17, 15) is 0 Å². The number of ether oxygens (including phenoxy) is 1. The zero-order valence-corrected chi connectivity index (χ0v) is 11.2. The molecule has 3 nitrogen and oxygen atoms in total. The van der Waals surface area contributed by atoms with Crippen LogP contribution in [0, 0.1) is 5.92 Å². The molecule has 0 bridgehead atoms. The van der Waals surface area contributed by atoms with E-state index in [0.29, 0.717) is 0 Å². The summed E-state index contributed by atoms with van der Waals surface area (Å²) in [6, 6.07) is 0. The monoisotopic (exact) mass is 228 g/mol. The second kappa shape index (κ2) is 6.58. The first kappa shape index (κ1) is 13.9. The first-order chi connectivity index (χ1) is 7.47. The Labute approximate surface area is 100 Å². The van der Waals surface area contributed by atoms with Crippen LogP contribution in [0.2, 0.25) is 0 Å². The van der Waals surface area contributed by atoms with E-state index in [0.717, 1.165) is 38.6 Å². The molecule has 0 unspecified atom stereocenters. The summed E-state index contributed by atoms with van der Waals surface area (Å²) < 4.78 is 5.61. The largest absolute Gasteiger partial charge is 0.380 e. The van der Waals surface area contributed by atoms with Crippen LogP contribution in [0.1, 0.15) is 39.5 Å². The minimum absolute atomic E-state index is 0.0245. The highest BCUT2D eigenvalue weighted by Crippen LogP contribution is 2.28. The van der Waals surface area contributed by atoms with Crippen molar-refractivity contribution in [3.05, 3.63) is 0 Å². The van der Waals surface area contributed by atoms with Crippen LogP contribution in [-0.4, -0.2) is 43.8 Å². The molecule has 0 atom stereocenters. The molecule has 1 rings (SSSR count). The highest BCUT2D eigenvalue weighted by molar-refractivity contribution is 4.72. The van der Waals surface area contributed by atoms with Gasteiger partial charge in [0.2, 0.25) is 0 Å². The molecule has 0 heterocycles. The molecule has 0 amide bonds. The number of hydrogen-bond acceptors (Lipinski definition) is 3. The number of nitrogens with two attached hydrogens (primary N) is 1. The lowest BCUT2D eigenvalue weighted by atomic mass is 10.0. The van der Waals surface area contributed by atoms with Crippen LogP contribution < -0.4 is 5.73 Å². The lowest BCUT2D eigenvalue weighted by Crippen LogP contribution is -2.33. The van der Waals surface area contributed by atoms with E-state index in [-0.39, 0.29) is 5.54 Å². The zero-order valence-electron chi connectivity index (χ0n) is 11.2. The van der Waals surface area contributed by atoms with Gasteiger partial charge in [-0.25, -0.2) is 0 Å². The molecular formula is C13H28N2O. The Balaban J connectivity index is 1.87. The van der Waals surface area contributed by atoms with Gasteiger partial charge in [-0.05, 0) is 59.0 Å². The van der Waals surface area contributed by atoms with Gasteiger partial charge in [-0.1, -0.05) is 0 Å². The SMILES string of the molecule is CN(CCCC(C)(C)N)CCOCC1CC1. The van der Waals surface area contributed by atoms with Gasteiger partial charge in [-0.15, -0.1) is 0 Å². The number of nitrogens with zero attached hydrogens (tertiary/aromatic N) is 1. The molecule has 0 spiro atoms. The van der Waals surface area contributed by atoms with Crippen LogP contribution in [0.4, 0.5) is 0 Å². The van der Waals surface area contributed by atoms with E-state index in [1.807, 2.05) is 0 Å². The molecule has 0 aromatic carbocycles. The zero-order chi connectivity index (χ0) is 12.0. The summed E-state index contributed by atoms with van der Waals surface area (Å²) in [7, 11) is 2.16. The van der Waals surface area contributed by atoms with Gasteiger partial charge in [0.05, 0.1) is 6.61 Å². The summed E-state index contributed by atoms with van der Waals surface area (Å²) in [4.78, 5) is 2.33. The first-order valence-electron chi connectivity index (χ1n) is 6.52. The lowest BCUT2D eigenvalue weighted by molar-refractivity contribution is 0.103. The van der Waals surface area contributed by atoms with Gasteiger partial charge in [0.15, 0.2) is 0 Å². The normalized spacial score (nSPS) is 17.1. The summed E-state index contributed by atoms with van der Waals surface area (Å²) in [5.41, 5.74) is 5.92. The molecule has 96 valence electrons. The van der Waals surface area contributed by atoms with Crippen molar-refractivity contribution >= 4 is 0 Å². The molecule has 1 aliphatic carbocycles. The highest BCUT2D eigenvalue weighted by atomic mass is 16.5. The third-order valence-corrected chi connectivity index (χ3v) is 3.03. The van der Waals surface area contributed by atoms with Gasteiger partial charge in [0, 0.05) is 18.7 Å². The Morgan fingerprint density at radius 1 is 1.31 bits per heavy atom. The summed E-state index contributed by atoms with van der Waals surface area (Å²) in [6.45, 7) is 8.19. The third kappa shape index (κ3) is 8.08. The van der Waals surface area contributed by atoms with Crippen LogP contribution in [-0.2, 0) is 4.74 Å². The molecule has 0 aliphatic heterocycles. The van der Waals surface area contributed by atoms with E-state index in [4.69, 9.17) is 10.5 Å². The predicted octanol–water partition coefficient (Wildman–Crippen LogP) is 1.86. The standard InChI is InChI=1S/C13H28N2O/c1-13(2,14)7-4-8-15(3)9-10-16-11-12-5-6-12/h12H,4-11,14H2,1-3H3. The van der Waals surface area contributed by atoms with Crippen molar-refractivity contribution in [2.75, 3.05) is 33.4 Å². The van der Waals surface area contributed by atoms with Gasteiger partial charge < -0.3 is 15.4 Å². The fourth-order valence-electron chi connectivity index (χ4n) is 1.67. The van der Waals surface area contributed by atoms with Crippen LogP contribution in [0.5, 0.6) is 0 Å². The minimum Gasteiger partial charge on any atom is -0.380 e. The van der Waals surface area contributed by atoms with E-state index in [1.54, 1.807) is 0 Å². The van der Waals surface area contributed by atoms with Gasteiger partial charge in [-0.3, -0.25) is 0 Å². The van der Waals surface area contributed by atoms with Crippen molar-refractivity contribution in [3.8, 4) is 0 Å². The van der Waals surface area contributed by atoms with Gasteiger partial charge in [-0.2, -0.15) is 0 Å². The molecule has 0 saturated heterocycles. The Morgan fingerprint density at radius 2 is 2.00 bits per heavy atom. The van der Waals surface area contributed by atoms with Crippen LogP contribution in [0.15, 0.2) is 0 Å². The maximum atomic E-state index is 5.94. The van der Waals surface area contributed by atoms with Gasteiger partial charge >= 0.3 is 0 Å². The smallest absolute Gasteiger partial charge is 0.0593 e. The summed E-state index contributed by atoms with van der Waals surface area (Å²) in [6.07, 6.45) is 5.01. The topological polar surface area (TPSA) is 38.5 Å². The van der Waals surface area contributed by atoms with Crippen molar-refractivity contribution < 1.29 is 4.74 Å². The van der Waals surface area contributed by atoms with E-state index in [1.165, 1.54) is 19.3 Å². The maximum Gasteiger partial charge on any atom is 0.0593 e.